The number of amides is 1. The fraction of sp³-hybridized carbons (Fsp3) is 0.667. The van der Waals surface area contributed by atoms with E-state index in [1.54, 1.807) is 0 Å². The van der Waals surface area contributed by atoms with Crippen LogP contribution in [0.4, 0.5) is 10.5 Å². The number of carbonyl (C=O) groups is 1. The molecule has 1 aliphatic rings. The number of ether oxygens (including phenoxy) is 2. The third-order valence-corrected chi connectivity index (χ3v) is 4.71. The van der Waals surface area contributed by atoms with Gasteiger partial charge in [0.05, 0.1) is 6.61 Å². The predicted octanol–water partition coefficient (Wildman–Crippen LogP) is 5.07. The summed E-state index contributed by atoms with van der Waals surface area (Å²) in [4.78, 5) is 14.3. The molecular weight excluding hydrogens is 328 g/mol. The van der Waals surface area contributed by atoms with Gasteiger partial charge >= 0.3 is 6.09 Å². The lowest BCUT2D eigenvalue weighted by Crippen LogP contribution is -2.30. The molecule has 1 aliphatic heterocycles. The van der Waals surface area contributed by atoms with Crippen molar-refractivity contribution in [1.29, 1.82) is 0 Å². The van der Waals surface area contributed by atoms with Crippen LogP contribution < -0.4 is 10.1 Å². The maximum atomic E-state index is 11.9. The van der Waals surface area contributed by atoms with Crippen molar-refractivity contribution in [2.45, 2.75) is 58.3 Å². The summed E-state index contributed by atoms with van der Waals surface area (Å²) < 4.78 is 11.0. The first kappa shape index (κ1) is 20.6. The number of benzene rings is 1. The number of nitrogens with zero attached hydrogens (tertiary/aromatic N) is 1. The molecule has 26 heavy (non-hydrogen) atoms. The second kappa shape index (κ2) is 12.6. The molecule has 0 atom stereocenters. The van der Waals surface area contributed by atoms with E-state index in [9.17, 15) is 4.79 Å². The molecule has 1 fully saturated rings. The molecule has 1 heterocycles. The van der Waals surface area contributed by atoms with E-state index in [-0.39, 0.29) is 0 Å². The highest BCUT2D eigenvalue weighted by molar-refractivity contribution is 5.84. The van der Waals surface area contributed by atoms with Crippen LogP contribution in [0.3, 0.4) is 0 Å². The maximum Gasteiger partial charge on any atom is 0.411 e. The van der Waals surface area contributed by atoms with Gasteiger partial charge in [-0.2, -0.15) is 0 Å². The van der Waals surface area contributed by atoms with Gasteiger partial charge < -0.3 is 9.47 Å². The van der Waals surface area contributed by atoms with Crippen molar-refractivity contribution in [1.82, 2.24) is 4.90 Å². The molecule has 1 N–H and O–H groups in total. The Bertz CT molecular complexity index is 496. The third-order valence-electron chi connectivity index (χ3n) is 4.71. The Morgan fingerprint density at radius 1 is 1.00 bits per heavy atom. The van der Waals surface area contributed by atoms with Crippen molar-refractivity contribution in [2.24, 2.45) is 0 Å². The minimum absolute atomic E-state index is 0.395. The zero-order chi connectivity index (χ0) is 18.5. The SMILES string of the molecule is CCCCCCOc1ccc(NC(=O)OCCN2CCCCCC2)cc1. The molecule has 1 aromatic carbocycles. The molecule has 5 nitrogen and oxygen atoms in total. The molecule has 0 unspecified atom stereocenters. The minimum Gasteiger partial charge on any atom is -0.494 e. The number of anilines is 1. The van der Waals surface area contributed by atoms with Gasteiger partial charge in [0.25, 0.3) is 0 Å². The Balaban J connectivity index is 1.60. The van der Waals surface area contributed by atoms with Crippen LogP contribution >= 0.6 is 0 Å². The van der Waals surface area contributed by atoms with E-state index in [0.29, 0.717) is 6.61 Å². The standard InChI is InChI=1S/C21H34N2O3/c1-2-3-4-9-17-25-20-12-10-19(11-13-20)22-21(24)26-18-16-23-14-7-5-6-8-15-23/h10-13H,2-9,14-18H2,1H3,(H,22,24). The van der Waals surface area contributed by atoms with E-state index in [2.05, 4.69) is 17.1 Å². The molecule has 1 saturated heterocycles. The van der Waals surface area contributed by atoms with Crippen LogP contribution in [-0.2, 0) is 4.74 Å². The quantitative estimate of drug-likeness (QED) is 0.590. The Morgan fingerprint density at radius 3 is 2.42 bits per heavy atom. The number of hydrogen-bond donors (Lipinski definition) is 1. The van der Waals surface area contributed by atoms with Crippen LogP contribution in [0.5, 0.6) is 5.75 Å². The number of hydrogen-bond acceptors (Lipinski definition) is 4. The lowest BCUT2D eigenvalue weighted by atomic mass is 10.2. The molecule has 0 bridgehead atoms. The van der Waals surface area contributed by atoms with E-state index >= 15 is 0 Å². The average molecular weight is 363 g/mol. The number of rotatable bonds is 10. The van der Waals surface area contributed by atoms with Crippen molar-refractivity contribution < 1.29 is 14.3 Å². The van der Waals surface area contributed by atoms with E-state index in [4.69, 9.17) is 9.47 Å². The number of carbonyl (C=O) groups excluding carboxylic acids is 1. The molecule has 5 heteroatoms. The summed E-state index contributed by atoms with van der Waals surface area (Å²) in [5.41, 5.74) is 0.725. The lowest BCUT2D eigenvalue weighted by molar-refractivity contribution is 0.140. The fourth-order valence-corrected chi connectivity index (χ4v) is 3.13. The van der Waals surface area contributed by atoms with E-state index < -0.39 is 6.09 Å². The first-order valence-corrected chi connectivity index (χ1v) is 10.2. The monoisotopic (exact) mass is 362 g/mol. The summed E-state index contributed by atoms with van der Waals surface area (Å²) in [5, 5.41) is 2.77. The molecule has 2 rings (SSSR count). The summed E-state index contributed by atoms with van der Waals surface area (Å²) >= 11 is 0. The first-order valence-electron chi connectivity index (χ1n) is 10.2. The van der Waals surface area contributed by atoms with Crippen molar-refractivity contribution >= 4 is 11.8 Å². The first-order chi connectivity index (χ1) is 12.8. The Kier molecular flexibility index (Phi) is 9.95. The van der Waals surface area contributed by atoms with Crippen molar-refractivity contribution in [3.05, 3.63) is 24.3 Å². The topological polar surface area (TPSA) is 50.8 Å². The molecule has 0 aromatic heterocycles. The molecule has 0 radical (unpaired) electrons. The summed E-state index contributed by atoms with van der Waals surface area (Å²) in [7, 11) is 0. The van der Waals surface area contributed by atoms with Gasteiger partial charge in [0, 0.05) is 12.2 Å². The van der Waals surface area contributed by atoms with Gasteiger partial charge in [-0.1, -0.05) is 39.0 Å². The Morgan fingerprint density at radius 2 is 1.73 bits per heavy atom. The van der Waals surface area contributed by atoms with Crippen LogP contribution in [0, 0.1) is 0 Å². The molecule has 0 spiro atoms. The number of likely N-dealkylation sites (tertiary alicyclic amines) is 1. The highest BCUT2D eigenvalue weighted by Crippen LogP contribution is 2.16. The van der Waals surface area contributed by atoms with Crippen LogP contribution in [-0.4, -0.2) is 43.8 Å². The van der Waals surface area contributed by atoms with Crippen molar-refractivity contribution in [2.75, 3.05) is 38.2 Å². The number of nitrogens with one attached hydrogen (secondary N) is 1. The van der Waals surface area contributed by atoms with Gasteiger partial charge in [-0.05, 0) is 56.6 Å². The fourth-order valence-electron chi connectivity index (χ4n) is 3.13. The zero-order valence-corrected chi connectivity index (χ0v) is 16.2. The van der Waals surface area contributed by atoms with Gasteiger partial charge in [0.1, 0.15) is 12.4 Å². The van der Waals surface area contributed by atoms with Crippen molar-refractivity contribution in [3.63, 3.8) is 0 Å². The van der Waals surface area contributed by atoms with Gasteiger partial charge in [-0.25, -0.2) is 4.79 Å². The summed E-state index contributed by atoms with van der Waals surface area (Å²) in [5.74, 6) is 0.835. The predicted molar refractivity (Wildman–Crippen MR) is 106 cm³/mol. The second-order valence-corrected chi connectivity index (χ2v) is 6.95. The van der Waals surface area contributed by atoms with Gasteiger partial charge in [-0.3, -0.25) is 10.2 Å². The normalized spacial score (nSPS) is 15.3. The summed E-state index contributed by atoms with van der Waals surface area (Å²) in [6.07, 6.45) is 9.51. The van der Waals surface area contributed by atoms with Gasteiger partial charge in [0.2, 0.25) is 0 Å². The Hall–Kier alpha value is -1.75. The highest BCUT2D eigenvalue weighted by atomic mass is 16.5. The summed E-state index contributed by atoms with van der Waals surface area (Å²) in [6, 6.07) is 7.45. The van der Waals surface area contributed by atoms with Crippen LogP contribution in [0.25, 0.3) is 0 Å². The van der Waals surface area contributed by atoms with Crippen LogP contribution in [0.1, 0.15) is 58.3 Å². The van der Waals surface area contributed by atoms with E-state index in [0.717, 1.165) is 44.1 Å². The molecular formula is C21H34N2O3. The van der Waals surface area contributed by atoms with Crippen LogP contribution in [0.2, 0.25) is 0 Å². The minimum atomic E-state index is -0.395. The molecule has 1 aromatic rings. The molecule has 0 aliphatic carbocycles. The van der Waals surface area contributed by atoms with Gasteiger partial charge in [0.15, 0.2) is 0 Å². The maximum absolute atomic E-state index is 11.9. The highest BCUT2D eigenvalue weighted by Gasteiger charge is 2.10. The molecule has 1 amide bonds. The van der Waals surface area contributed by atoms with E-state index in [1.165, 1.54) is 44.9 Å². The Labute approximate surface area is 158 Å². The lowest BCUT2D eigenvalue weighted by Gasteiger charge is -2.19. The second-order valence-electron chi connectivity index (χ2n) is 6.95. The zero-order valence-electron chi connectivity index (χ0n) is 16.2. The molecule has 0 saturated carbocycles. The summed E-state index contributed by atoms with van der Waals surface area (Å²) in [6.45, 7) is 6.43. The largest absolute Gasteiger partial charge is 0.494 e. The third kappa shape index (κ3) is 8.56. The number of unbranched alkanes of at least 4 members (excludes halogenated alkanes) is 3. The molecule has 146 valence electrons. The van der Waals surface area contributed by atoms with Crippen LogP contribution in [0.15, 0.2) is 24.3 Å². The van der Waals surface area contributed by atoms with Gasteiger partial charge in [-0.15, -0.1) is 0 Å². The average Bonchev–Trinajstić information content (AvgIpc) is 2.92. The van der Waals surface area contributed by atoms with E-state index in [1.807, 2.05) is 24.3 Å². The smallest absolute Gasteiger partial charge is 0.411 e. The van der Waals surface area contributed by atoms with Crippen molar-refractivity contribution in [3.8, 4) is 5.75 Å².